The van der Waals surface area contributed by atoms with Crippen molar-refractivity contribution in [3.05, 3.63) is 40.4 Å². The van der Waals surface area contributed by atoms with Gasteiger partial charge in [-0.25, -0.2) is 0 Å². The van der Waals surface area contributed by atoms with E-state index in [9.17, 15) is 10.4 Å². The normalized spacial score (nSPS) is 11.2. The first-order valence-corrected chi connectivity index (χ1v) is 6.44. The fourth-order valence-electron chi connectivity index (χ4n) is 2.17. The predicted molar refractivity (Wildman–Crippen MR) is 72.8 cm³/mol. The smallest absolute Gasteiger partial charge is 0.375 e. The summed E-state index contributed by atoms with van der Waals surface area (Å²) in [6.45, 7) is 0. The van der Waals surface area contributed by atoms with Gasteiger partial charge in [0.1, 0.15) is 0 Å². The lowest BCUT2D eigenvalue weighted by Crippen LogP contribution is -2.42. The zero-order valence-corrected chi connectivity index (χ0v) is 11.9. The van der Waals surface area contributed by atoms with Gasteiger partial charge in [0.15, 0.2) is 0 Å². The Morgan fingerprint density at radius 1 is 0.950 bits per heavy atom. The lowest BCUT2D eigenvalue weighted by atomic mass is 10.2. The van der Waals surface area contributed by atoms with Gasteiger partial charge < -0.3 is 4.74 Å². The van der Waals surface area contributed by atoms with Gasteiger partial charge >= 0.3 is 22.1 Å². The summed E-state index contributed by atoms with van der Waals surface area (Å²) in [6, 6.07) is 7.98. The third-order valence-corrected chi connectivity index (χ3v) is 3.83. The molecule has 102 valence electrons. The first-order chi connectivity index (χ1) is 9.54. The number of rotatable bonds is 1. The first-order valence-electron chi connectivity index (χ1n) is 5.68. The molecule has 0 saturated heterocycles. The Hall–Kier alpha value is -1.98. The van der Waals surface area contributed by atoms with Crippen LogP contribution >= 0.6 is 23.2 Å². The number of methoxy groups -OCH3 is 1. The van der Waals surface area contributed by atoms with Crippen molar-refractivity contribution in [2.24, 2.45) is 0 Å². The number of fused-ring (bicyclic) bond motifs is 2. The molecule has 20 heavy (non-hydrogen) atoms. The minimum Gasteiger partial charge on any atom is -0.490 e. The van der Waals surface area contributed by atoms with Crippen molar-refractivity contribution >= 4 is 45.3 Å². The molecule has 0 aliphatic carbocycles. The highest BCUT2D eigenvalue weighted by atomic mass is 35.5. The van der Waals surface area contributed by atoms with Gasteiger partial charge in [-0.2, -0.15) is 0 Å². The molecule has 2 aromatic carbocycles. The van der Waals surface area contributed by atoms with Crippen molar-refractivity contribution in [2.75, 3.05) is 7.11 Å². The highest BCUT2D eigenvalue weighted by Gasteiger charge is 2.32. The summed E-state index contributed by atoms with van der Waals surface area (Å²) in [5, 5.41) is 21.2. The van der Waals surface area contributed by atoms with Crippen LogP contribution in [0, 0.1) is 0 Å². The van der Waals surface area contributed by atoms with Crippen molar-refractivity contribution in [1.29, 1.82) is 0 Å². The van der Waals surface area contributed by atoms with Gasteiger partial charge in [-0.05, 0) is 6.07 Å². The Morgan fingerprint density at radius 3 is 2.15 bits per heavy atom. The average Bonchev–Trinajstić information content (AvgIpc) is 2.46. The van der Waals surface area contributed by atoms with Crippen LogP contribution in [-0.2, 0) is 0 Å². The summed E-state index contributed by atoms with van der Waals surface area (Å²) in [5.41, 5.74) is 1.32. The number of benzene rings is 2. The molecule has 0 atom stereocenters. The molecule has 3 rings (SSSR count). The second-order valence-electron chi connectivity index (χ2n) is 4.21. The Kier molecular flexibility index (Phi) is 2.96. The van der Waals surface area contributed by atoms with Crippen LogP contribution in [0.25, 0.3) is 22.1 Å². The number of aromatic nitrogens is 2. The van der Waals surface area contributed by atoms with Crippen LogP contribution in [0.15, 0.2) is 30.3 Å². The van der Waals surface area contributed by atoms with Gasteiger partial charge in [-0.3, -0.25) is 10.4 Å². The van der Waals surface area contributed by atoms with Crippen molar-refractivity contribution < 1.29 is 24.6 Å². The molecular formula is C13H10Cl2N2O3+2. The number of hydrogen-bond donors (Lipinski definition) is 2. The van der Waals surface area contributed by atoms with E-state index in [1.807, 2.05) is 0 Å². The molecule has 0 fully saturated rings. The van der Waals surface area contributed by atoms with Crippen LogP contribution in [0.3, 0.4) is 0 Å². The number of para-hydroxylation sites is 1. The van der Waals surface area contributed by atoms with Crippen molar-refractivity contribution in [1.82, 2.24) is 0 Å². The standard InChI is InChI=1S/C13H10Cl2N2O3/c1-20-12-4-2-3-9-13(12)17(19)11-6-8(15)7(14)5-10(11)16(9)18/h2-6,18-19H,1H3/q+2. The maximum atomic E-state index is 10.4. The summed E-state index contributed by atoms with van der Waals surface area (Å²) in [4.78, 5) is 0. The van der Waals surface area contributed by atoms with Crippen LogP contribution in [0.1, 0.15) is 0 Å². The quantitative estimate of drug-likeness (QED) is 0.412. The van der Waals surface area contributed by atoms with Crippen molar-refractivity contribution in [3.8, 4) is 5.75 Å². The molecule has 2 N–H and O–H groups in total. The fraction of sp³-hybridized carbons (Fsp3) is 0.0769. The molecule has 1 aromatic heterocycles. The third kappa shape index (κ3) is 1.71. The zero-order valence-electron chi connectivity index (χ0n) is 10.3. The maximum absolute atomic E-state index is 10.4. The minimum absolute atomic E-state index is 0.274. The van der Waals surface area contributed by atoms with E-state index in [0.29, 0.717) is 27.8 Å². The van der Waals surface area contributed by atoms with Gasteiger partial charge in [-0.1, -0.05) is 29.3 Å². The largest absolute Gasteiger partial charge is 0.490 e. The lowest BCUT2D eigenvalue weighted by molar-refractivity contribution is -0.894. The summed E-state index contributed by atoms with van der Waals surface area (Å²) < 4.78 is 7.05. The molecule has 3 aromatic rings. The van der Waals surface area contributed by atoms with Crippen LogP contribution in [0.5, 0.6) is 5.75 Å². The first kappa shape index (κ1) is 13.0. The highest BCUT2D eigenvalue weighted by molar-refractivity contribution is 6.42. The summed E-state index contributed by atoms with van der Waals surface area (Å²) in [6.07, 6.45) is 0. The molecule has 0 radical (unpaired) electrons. The van der Waals surface area contributed by atoms with Gasteiger partial charge in [0.25, 0.3) is 0 Å². The van der Waals surface area contributed by atoms with E-state index in [2.05, 4.69) is 0 Å². The lowest BCUT2D eigenvalue weighted by Gasteiger charge is -2.01. The molecule has 0 saturated carbocycles. The number of ether oxygens (including phenoxy) is 1. The molecule has 0 aliphatic heterocycles. The zero-order chi connectivity index (χ0) is 14.4. The van der Waals surface area contributed by atoms with E-state index in [4.69, 9.17) is 27.9 Å². The maximum Gasteiger partial charge on any atom is 0.375 e. The van der Waals surface area contributed by atoms with Crippen LogP contribution in [-0.4, -0.2) is 17.5 Å². The third-order valence-electron chi connectivity index (χ3n) is 3.11. The number of hydrogen-bond acceptors (Lipinski definition) is 3. The fourth-order valence-corrected chi connectivity index (χ4v) is 2.49. The molecule has 5 nitrogen and oxygen atoms in total. The van der Waals surface area contributed by atoms with Gasteiger partial charge in [0, 0.05) is 27.7 Å². The number of nitrogens with zero attached hydrogens (tertiary/aromatic N) is 2. The minimum atomic E-state index is 0.274. The molecule has 0 amide bonds. The Balaban J connectivity index is 2.61. The van der Waals surface area contributed by atoms with Crippen LogP contribution in [0.2, 0.25) is 10.0 Å². The van der Waals surface area contributed by atoms with E-state index < -0.39 is 0 Å². The number of halogens is 2. The summed E-state index contributed by atoms with van der Waals surface area (Å²) in [5.74, 6) is 0.417. The second kappa shape index (κ2) is 4.54. The predicted octanol–water partition coefficient (Wildman–Crippen LogP) is 2.36. The molecule has 7 heteroatoms. The topological polar surface area (TPSA) is 57.5 Å². The highest BCUT2D eigenvalue weighted by Crippen LogP contribution is 2.27. The summed E-state index contributed by atoms with van der Waals surface area (Å²) in [7, 11) is 1.48. The van der Waals surface area contributed by atoms with E-state index >= 15 is 0 Å². The molecular weight excluding hydrogens is 303 g/mol. The Bertz CT molecular complexity index is 852. The van der Waals surface area contributed by atoms with Crippen LogP contribution in [0.4, 0.5) is 0 Å². The monoisotopic (exact) mass is 312 g/mol. The van der Waals surface area contributed by atoms with Crippen LogP contribution < -0.4 is 14.2 Å². The molecule has 0 aliphatic rings. The molecule has 0 unspecified atom stereocenters. The van der Waals surface area contributed by atoms with E-state index in [-0.39, 0.29) is 10.0 Å². The SMILES string of the molecule is COc1cccc2c1[n+](O)c1cc(Cl)c(Cl)cc1[n+]2O. The Morgan fingerprint density at radius 2 is 1.55 bits per heavy atom. The second-order valence-corrected chi connectivity index (χ2v) is 5.02. The van der Waals surface area contributed by atoms with Gasteiger partial charge in [0.2, 0.25) is 5.75 Å². The molecule has 1 heterocycles. The molecule has 0 spiro atoms. The Labute approximate surface area is 123 Å². The van der Waals surface area contributed by atoms with Gasteiger partial charge in [0.05, 0.1) is 17.2 Å². The average molecular weight is 313 g/mol. The van der Waals surface area contributed by atoms with Crippen molar-refractivity contribution in [3.63, 3.8) is 0 Å². The molecule has 0 bridgehead atoms. The van der Waals surface area contributed by atoms with E-state index in [1.165, 1.54) is 19.2 Å². The van der Waals surface area contributed by atoms with E-state index in [0.717, 1.165) is 9.46 Å². The van der Waals surface area contributed by atoms with E-state index in [1.54, 1.807) is 18.2 Å². The summed E-state index contributed by atoms with van der Waals surface area (Å²) >= 11 is 11.9. The van der Waals surface area contributed by atoms with Crippen molar-refractivity contribution in [2.45, 2.75) is 0 Å². The van der Waals surface area contributed by atoms with Gasteiger partial charge in [-0.15, -0.1) is 0 Å².